The molecule has 1 aliphatic heterocycles. The van der Waals surface area contributed by atoms with Crippen molar-refractivity contribution >= 4 is 51.3 Å². The van der Waals surface area contributed by atoms with E-state index in [1.54, 1.807) is 0 Å². The summed E-state index contributed by atoms with van der Waals surface area (Å²) in [4.78, 5) is 5.16. The molecule has 6 aromatic carbocycles. The van der Waals surface area contributed by atoms with Crippen LogP contribution in [0.3, 0.4) is 0 Å². The monoisotopic (exact) mass is 563 g/mol. The van der Waals surface area contributed by atoms with Crippen LogP contribution in [-0.4, -0.2) is 18.5 Å². The zero-order valence-corrected chi connectivity index (χ0v) is 25.0. The van der Waals surface area contributed by atoms with Crippen molar-refractivity contribution in [1.82, 2.24) is 0 Å². The minimum atomic E-state index is -0.845. The van der Waals surface area contributed by atoms with Crippen LogP contribution in [0.1, 0.15) is 25.8 Å². The van der Waals surface area contributed by atoms with Gasteiger partial charge in [0.1, 0.15) is 6.61 Å². The van der Waals surface area contributed by atoms with Gasteiger partial charge in [-0.1, -0.05) is 141 Å². The Balaban J connectivity index is 1.57. The molecular weight excluding hydrogens is 529 g/mol. The molecule has 0 amide bonds. The molecule has 0 radical (unpaired) electrons. The quantitative estimate of drug-likeness (QED) is 0.178. The fraction of sp³-hybridized carbons (Fsp3) is 0.154. The molecule has 6 aromatic rings. The van der Waals surface area contributed by atoms with Crippen molar-refractivity contribution in [3.8, 4) is 11.1 Å². The molecule has 0 bridgehead atoms. The lowest BCUT2D eigenvalue weighted by Gasteiger charge is -2.25. The van der Waals surface area contributed by atoms with E-state index in [-0.39, 0.29) is 6.04 Å². The standard InChI is InChI=1S/C39H34NOP/c1-27(2)25-30-26-41-39(40-30)35-23-21-28-13-9-11-19-33(28)37(35)38-34-20-12-10-14-29(34)22-24-36(38)42(31-15-5-3-6-16-31)32-17-7-4-8-18-32/h3-24,27,30H,25-26H2,1-2H3/t30-/m0/s1. The summed E-state index contributed by atoms with van der Waals surface area (Å²) in [6, 6.07) is 48.8. The van der Waals surface area contributed by atoms with Gasteiger partial charge in [-0.05, 0) is 69.3 Å². The van der Waals surface area contributed by atoms with Crippen molar-refractivity contribution in [2.75, 3.05) is 6.61 Å². The molecule has 1 heterocycles. The first-order chi connectivity index (χ1) is 20.7. The number of benzene rings is 6. The normalized spacial score (nSPS) is 15.0. The van der Waals surface area contributed by atoms with Crippen molar-refractivity contribution in [1.29, 1.82) is 0 Å². The Hall–Kier alpha value is -4.26. The molecule has 2 nitrogen and oxygen atoms in total. The largest absolute Gasteiger partial charge is 0.475 e. The molecule has 206 valence electrons. The lowest BCUT2D eigenvalue weighted by molar-refractivity contribution is 0.301. The van der Waals surface area contributed by atoms with Gasteiger partial charge in [0.05, 0.1) is 6.04 Å². The Morgan fingerprint density at radius 1 is 0.643 bits per heavy atom. The fourth-order valence-electron chi connectivity index (χ4n) is 6.24. The van der Waals surface area contributed by atoms with Crippen molar-refractivity contribution in [3.63, 3.8) is 0 Å². The van der Waals surface area contributed by atoms with Gasteiger partial charge in [-0.15, -0.1) is 0 Å². The number of fused-ring (bicyclic) bond motifs is 2. The maximum absolute atomic E-state index is 6.40. The van der Waals surface area contributed by atoms with Gasteiger partial charge >= 0.3 is 0 Å². The van der Waals surface area contributed by atoms with E-state index in [1.165, 1.54) is 48.6 Å². The van der Waals surface area contributed by atoms with Gasteiger partial charge in [0.15, 0.2) is 0 Å². The molecule has 42 heavy (non-hydrogen) atoms. The van der Waals surface area contributed by atoms with Gasteiger partial charge in [0.25, 0.3) is 0 Å². The first-order valence-corrected chi connectivity index (χ1v) is 16.2. The molecule has 0 N–H and O–H groups in total. The van der Waals surface area contributed by atoms with Crippen molar-refractivity contribution in [2.45, 2.75) is 26.3 Å². The average Bonchev–Trinajstić information content (AvgIpc) is 3.49. The predicted octanol–water partition coefficient (Wildman–Crippen LogP) is 8.61. The van der Waals surface area contributed by atoms with Gasteiger partial charge in [0.2, 0.25) is 5.90 Å². The lowest BCUT2D eigenvalue weighted by Crippen LogP contribution is -2.23. The Morgan fingerprint density at radius 2 is 1.19 bits per heavy atom. The number of hydrogen-bond donors (Lipinski definition) is 0. The van der Waals surface area contributed by atoms with Crippen molar-refractivity contribution < 1.29 is 4.74 Å². The van der Waals surface area contributed by atoms with Gasteiger partial charge in [0, 0.05) is 11.1 Å². The van der Waals surface area contributed by atoms with E-state index in [0.717, 1.165) is 17.9 Å². The molecule has 0 aromatic heterocycles. The fourth-order valence-corrected chi connectivity index (χ4v) is 8.71. The van der Waals surface area contributed by atoms with Crippen LogP contribution in [-0.2, 0) is 4.74 Å². The minimum absolute atomic E-state index is 0.192. The summed E-state index contributed by atoms with van der Waals surface area (Å²) >= 11 is 0. The lowest BCUT2D eigenvalue weighted by atomic mass is 9.90. The Bertz CT molecular complexity index is 1860. The van der Waals surface area contributed by atoms with E-state index in [1.807, 2.05) is 0 Å². The van der Waals surface area contributed by atoms with Crippen LogP contribution in [0.5, 0.6) is 0 Å². The summed E-state index contributed by atoms with van der Waals surface area (Å²) in [5.74, 6) is 1.34. The van der Waals surface area contributed by atoms with Gasteiger partial charge in [-0.25, -0.2) is 4.99 Å². The zero-order chi connectivity index (χ0) is 28.5. The summed E-state index contributed by atoms with van der Waals surface area (Å²) in [5.41, 5.74) is 3.56. The number of nitrogens with zero attached hydrogens (tertiary/aromatic N) is 1. The zero-order valence-electron chi connectivity index (χ0n) is 24.1. The molecule has 3 heteroatoms. The van der Waals surface area contributed by atoms with E-state index in [9.17, 15) is 0 Å². The molecule has 0 aliphatic carbocycles. The number of hydrogen-bond acceptors (Lipinski definition) is 2. The molecular formula is C39H34NOP. The van der Waals surface area contributed by atoms with Gasteiger partial charge < -0.3 is 4.74 Å². The maximum atomic E-state index is 6.40. The van der Waals surface area contributed by atoms with E-state index in [2.05, 4.69) is 147 Å². The van der Waals surface area contributed by atoms with E-state index < -0.39 is 7.92 Å². The van der Waals surface area contributed by atoms with Crippen LogP contribution in [0.2, 0.25) is 0 Å². The third-order valence-electron chi connectivity index (χ3n) is 8.04. The number of aliphatic imine (C=N–C) groups is 1. The summed E-state index contributed by atoms with van der Waals surface area (Å²) < 4.78 is 6.40. The van der Waals surface area contributed by atoms with E-state index in [0.29, 0.717) is 12.5 Å². The molecule has 0 unspecified atom stereocenters. The van der Waals surface area contributed by atoms with Gasteiger partial charge in [-0.2, -0.15) is 0 Å². The second-order valence-electron chi connectivity index (χ2n) is 11.4. The third kappa shape index (κ3) is 5.02. The maximum Gasteiger partial charge on any atom is 0.217 e. The Labute approximate surface area is 249 Å². The SMILES string of the molecule is CC(C)C[C@H]1COC(c2ccc3ccccc3c2-c2c(P(c3ccccc3)c3ccccc3)ccc3ccccc23)=N1. The first-order valence-electron chi connectivity index (χ1n) is 14.8. The van der Waals surface area contributed by atoms with Gasteiger partial charge in [-0.3, -0.25) is 0 Å². The first kappa shape index (κ1) is 26.6. The highest BCUT2D eigenvalue weighted by molar-refractivity contribution is 7.80. The highest BCUT2D eigenvalue weighted by Crippen LogP contribution is 2.44. The van der Waals surface area contributed by atoms with Crippen LogP contribution >= 0.6 is 7.92 Å². The molecule has 0 saturated carbocycles. The van der Waals surface area contributed by atoms with E-state index >= 15 is 0 Å². The Kier molecular flexibility index (Phi) is 7.32. The molecule has 1 atom stereocenters. The van der Waals surface area contributed by atoms with Crippen LogP contribution in [0.4, 0.5) is 0 Å². The van der Waals surface area contributed by atoms with Crippen LogP contribution in [0, 0.1) is 5.92 Å². The second kappa shape index (κ2) is 11.6. The third-order valence-corrected chi connectivity index (χ3v) is 10.5. The molecule has 0 saturated heterocycles. The predicted molar refractivity (Wildman–Crippen MR) is 181 cm³/mol. The van der Waals surface area contributed by atoms with Crippen molar-refractivity contribution in [3.05, 3.63) is 139 Å². The number of rotatable bonds is 7. The molecule has 7 rings (SSSR count). The van der Waals surface area contributed by atoms with Crippen LogP contribution < -0.4 is 15.9 Å². The van der Waals surface area contributed by atoms with Crippen LogP contribution in [0.15, 0.2) is 138 Å². The van der Waals surface area contributed by atoms with Crippen LogP contribution in [0.25, 0.3) is 32.7 Å². The highest BCUT2D eigenvalue weighted by Gasteiger charge is 2.28. The minimum Gasteiger partial charge on any atom is -0.475 e. The second-order valence-corrected chi connectivity index (χ2v) is 13.6. The van der Waals surface area contributed by atoms with E-state index in [4.69, 9.17) is 9.73 Å². The molecule has 0 spiro atoms. The summed E-state index contributed by atoms with van der Waals surface area (Å²) in [5, 5.41) is 8.95. The topological polar surface area (TPSA) is 21.6 Å². The summed E-state index contributed by atoms with van der Waals surface area (Å²) in [7, 11) is -0.845. The highest BCUT2D eigenvalue weighted by atomic mass is 31.1. The molecule has 0 fully saturated rings. The van der Waals surface area contributed by atoms with Crippen molar-refractivity contribution in [2.24, 2.45) is 10.9 Å². The number of ether oxygens (including phenoxy) is 1. The Morgan fingerprint density at radius 3 is 1.81 bits per heavy atom. The smallest absolute Gasteiger partial charge is 0.217 e. The summed E-state index contributed by atoms with van der Waals surface area (Å²) in [6.07, 6.45) is 1.03. The molecule has 1 aliphatic rings. The summed E-state index contributed by atoms with van der Waals surface area (Å²) in [6.45, 7) is 5.16. The average molecular weight is 564 g/mol.